The molecule has 6 nitrogen and oxygen atoms in total. The Morgan fingerprint density at radius 2 is 1.51 bits per heavy atom. The summed E-state index contributed by atoms with van der Waals surface area (Å²) in [7, 11) is 0. The summed E-state index contributed by atoms with van der Waals surface area (Å²) in [5, 5.41) is 16.2. The van der Waals surface area contributed by atoms with Gasteiger partial charge in [0, 0.05) is 16.7 Å². The average Bonchev–Trinajstić information content (AvgIpc) is 2.90. The topological polar surface area (TPSA) is 87.7 Å². The third-order valence-electron chi connectivity index (χ3n) is 6.28. The molecule has 0 bridgehead atoms. The van der Waals surface area contributed by atoms with Crippen molar-refractivity contribution in [2.75, 3.05) is 10.6 Å². The number of hydrogen-bond donors (Lipinski definition) is 3. The number of nitrogens with one attached hydrogen (secondary N) is 2. The maximum atomic E-state index is 12.8. The maximum absolute atomic E-state index is 12.8. The van der Waals surface area contributed by atoms with Gasteiger partial charge in [0.15, 0.2) is 6.10 Å². The Labute approximate surface area is 206 Å². The summed E-state index contributed by atoms with van der Waals surface area (Å²) in [6.45, 7) is 13.3. The van der Waals surface area contributed by atoms with Gasteiger partial charge >= 0.3 is 12.0 Å². The number of benzene rings is 3. The summed E-state index contributed by atoms with van der Waals surface area (Å²) in [5.74, 6) is -1.08. The van der Waals surface area contributed by atoms with Crippen LogP contribution in [0.5, 0.6) is 0 Å². The van der Waals surface area contributed by atoms with E-state index in [1.165, 1.54) is 0 Å². The maximum Gasteiger partial charge on any atom is 0.337 e. The Kier molecular flexibility index (Phi) is 6.20. The van der Waals surface area contributed by atoms with Crippen LogP contribution in [0.3, 0.4) is 0 Å². The fraction of sp³-hybridized carbons (Fsp3) is 0.310. The van der Waals surface area contributed by atoms with E-state index in [0.29, 0.717) is 22.5 Å². The van der Waals surface area contributed by atoms with Crippen LogP contribution in [-0.2, 0) is 9.53 Å². The molecule has 6 heteroatoms. The van der Waals surface area contributed by atoms with Gasteiger partial charge in [0.2, 0.25) is 0 Å². The third kappa shape index (κ3) is 4.66. The highest BCUT2D eigenvalue weighted by molar-refractivity contribution is 6.11. The van der Waals surface area contributed by atoms with Crippen molar-refractivity contribution < 1.29 is 19.4 Å². The minimum Gasteiger partial charge on any atom is -0.479 e. The van der Waals surface area contributed by atoms with E-state index in [1.807, 2.05) is 90.9 Å². The molecular formula is C29H32N2O4. The SMILES string of the molecule is Cc1ccc(-c2c(C)c3c(c(C)c2[C@H](OC(C)(C)C)C(=O)O)NC(=O)Nc2cc(C)ccc2-3)cc1. The van der Waals surface area contributed by atoms with Crippen molar-refractivity contribution >= 4 is 23.4 Å². The minimum atomic E-state index is -1.22. The average molecular weight is 473 g/mol. The van der Waals surface area contributed by atoms with E-state index in [9.17, 15) is 14.7 Å². The summed E-state index contributed by atoms with van der Waals surface area (Å²) in [6.07, 6.45) is -1.22. The fourth-order valence-electron chi connectivity index (χ4n) is 4.77. The van der Waals surface area contributed by atoms with Crippen molar-refractivity contribution in [2.24, 2.45) is 0 Å². The minimum absolute atomic E-state index is 0.365. The van der Waals surface area contributed by atoms with Crippen LogP contribution in [-0.4, -0.2) is 22.7 Å². The molecule has 3 aromatic rings. The van der Waals surface area contributed by atoms with E-state index < -0.39 is 17.7 Å². The summed E-state index contributed by atoms with van der Waals surface area (Å²) in [4.78, 5) is 25.4. The molecule has 0 aliphatic carbocycles. The first kappa shape index (κ1) is 24.5. The van der Waals surface area contributed by atoms with Crippen LogP contribution < -0.4 is 10.6 Å². The summed E-state index contributed by atoms with van der Waals surface area (Å²) in [6, 6.07) is 13.6. The highest BCUT2D eigenvalue weighted by atomic mass is 16.5. The molecule has 0 saturated carbocycles. The molecule has 1 aliphatic heterocycles. The zero-order chi connectivity index (χ0) is 25.7. The van der Waals surface area contributed by atoms with Gasteiger partial charge in [-0.05, 0) is 82.3 Å². The number of carboxylic acids is 1. The molecule has 1 heterocycles. The number of carboxylic acid groups (broad SMARTS) is 1. The highest BCUT2D eigenvalue weighted by Gasteiger charge is 2.35. The zero-order valence-corrected chi connectivity index (χ0v) is 21.3. The van der Waals surface area contributed by atoms with Crippen molar-refractivity contribution in [1.82, 2.24) is 0 Å². The van der Waals surface area contributed by atoms with E-state index in [1.54, 1.807) is 0 Å². The van der Waals surface area contributed by atoms with Crippen LogP contribution in [0.15, 0.2) is 42.5 Å². The van der Waals surface area contributed by atoms with Gasteiger partial charge in [-0.25, -0.2) is 9.59 Å². The number of anilines is 2. The first-order valence-electron chi connectivity index (χ1n) is 11.7. The van der Waals surface area contributed by atoms with E-state index in [0.717, 1.165) is 38.9 Å². The molecule has 0 radical (unpaired) electrons. The number of aryl methyl sites for hydroxylation is 2. The van der Waals surface area contributed by atoms with E-state index in [-0.39, 0.29) is 6.03 Å². The smallest absolute Gasteiger partial charge is 0.337 e. The lowest BCUT2D eigenvalue weighted by Gasteiger charge is -2.30. The molecule has 1 atom stereocenters. The molecule has 0 saturated heterocycles. The predicted octanol–water partition coefficient (Wildman–Crippen LogP) is 7.15. The molecule has 0 fully saturated rings. The second-order valence-corrected chi connectivity index (χ2v) is 10.2. The Morgan fingerprint density at radius 3 is 2.11 bits per heavy atom. The molecule has 3 aromatic carbocycles. The van der Waals surface area contributed by atoms with Gasteiger partial charge < -0.3 is 20.5 Å². The van der Waals surface area contributed by atoms with Crippen LogP contribution >= 0.6 is 0 Å². The Balaban J connectivity index is 2.14. The van der Waals surface area contributed by atoms with Gasteiger partial charge in [0.05, 0.1) is 17.0 Å². The van der Waals surface area contributed by atoms with Crippen LogP contribution in [0.4, 0.5) is 16.2 Å². The Morgan fingerprint density at radius 1 is 0.886 bits per heavy atom. The molecular weight excluding hydrogens is 440 g/mol. The number of aliphatic carboxylic acids is 1. The highest BCUT2D eigenvalue weighted by Crippen LogP contribution is 2.49. The summed E-state index contributed by atoms with van der Waals surface area (Å²) >= 11 is 0. The number of carbonyl (C=O) groups excluding carboxylic acids is 1. The number of carbonyl (C=O) groups is 2. The van der Waals surface area contributed by atoms with Gasteiger partial charge in [-0.3, -0.25) is 0 Å². The number of urea groups is 1. The largest absolute Gasteiger partial charge is 0.479 e. The van der Waals surface area contributed by atoms with Crippen LogP contribution in [0.2, 0.25) is 0 Å². The van der Waals surface area contributed by atoms with Crippen molar-refractivity contribution in [1.29, 1.82) is 0 Å². The predicted molar refractivity (Wildman–Crippen MR) is 140 cm³/mol. The van der Waals surface area contributed by atoms with E-state index in [4.69, 9.17) is 4.74 Å². The Bertz CT molecular complexity index is 1330. The lowest BCUT2D eigenvalue weighted by molar-refractivity contribution is -0.160. The van der Waals surface area contributed by atoms with Crippen molar-refractivity contribution in [3.8, 4) is 22.3 Å². The standard InChI is InChI=1S/C29H32N2O4/c1-15-8-11-19(12-9-15)22-17(3)23-20-13-10-16(2)14-21(20)30-28(34)31-25(23)18(4)24(22)26(27(32)33)35-29(5,6)7/h8-14,26H,1-7H3,(H,32,33)(H2,30,31,34)/t26-/m0/s1. The third-order valence-corrected chi connectivity index (χ3v) is 6.28. The van der Waals surface area contributed by atoms with Gasteiger partial charge in [0.25, 0.3) is 0 Å². The lowest BCUT2D eigenvalue weighted by Crippen LogP contribution is -2.29. The normalized spacial score (nSPS) is 13.7. The summed E-state index contributed by atoms with van der Waals surface area (Å²) < 4.78 is 6.11. The number of ether oxygens (including phenoxy) is 1. The molecule has 4 rings (SSSR count). The van der Waals surface area contributed by atoms with Crippen molar-refractivity contribution in [3.63, 3.8) is 0 Å². The van der Waals surface area contributed by atoms with Crippen molar-refractivity contribution in [2.45, 2.75) is 60.2 Å². The molecule has 2 amide bonds. The number of rotatable bonds is 4. The Hall–Kier alpha value is -3.64. The molecule has 0 aromatic heterocycles. The molecule has 182 valence electrons. The molecule has 3 N–H and O–H groups in total. The number of amides is 2. The van der Waals surface area contributed by atoms with Gasteiger partial charge in [-0.2, -0.15) is 0 Å². The zero-order valence-electron chi connectivity index (χ0n) is 21.3. The number of fused-ring (bicyclic) bond motifs is 3. The lowest BCUT2D eigenvalue weighted by atomic mass is 9.82. The molecule has 1 aliphatic rings. The van der Waals surface area contributed by atoms with Crippen molar-refractivity contribution in [3.05, 3.63) is 70.3 Å². The summed E-state index contributed by atoms with van der Waals surface area (Å²) in [5.41, 5.74) is 8.30. The monoisotopic (exact) mass is 472 g/mol. The second kappa shape index (κ2) is 8.86. The first-order valence-corrected chi connectivity index (χ1v) is 11.7. The molecule has 0 unspecified atom stereocenters. The molecule has 35 heavy (non-hydrogen) atoms. The van der Waals surface area contributed by atoms with Gasteiger partial charge in [0.1, 0.15) is 0 Å². The van der Waals surface area contributed by atoms with Gasteiger partial charge in [-0.15, -0.1) is 0 Å². The quantitative estimate of drug-likeness (QED) is 0.376. The van der Waals surface area contributed by atoms with Crippen LogP contribution in [0.1, 0.15) is 54.7 Å². The van der Waals surface area contributed by atoms with Crippen LogP contribution in [0.25, 0.3) is 22.3 Å². The van der Waals surface area contributed by atoms with E-state index >= 15 is 0 Å². The first-order chi connectivity index (χ1) is 16.4. The van der Waals surface area contributed by atoms with E-state index in [2.05, 4.69) is 10.6 Å². The van der Waals surface area contributed by atoms with Gasteiger partial charge in [-0.1, -0.05) is 42.0 Å². The fourth-order valence-corrected chi connectivity index (χ4v) is 4.77. The second-order valence-electron chi connectivity index (χ2n) is 10.2. The van der Waals surface area contributed by atoms with Crippen LogP contribution in [0, 0.1) is 27.7 Å². The number of hydrogen-bond acceptors (Lipinski definition) is 3. The molecule has 0 spiro atoms.